The Morgan fingerprint density at radius 2 is 1.94 bits per heavy atom. The molecule has 1 N–H and O–H groups in total. The van der Waals surface area contributed by atoms with Gasteiger partial charge in [-0.05, 0) is 54.1 Å². The number of carbonyl (C=O) groups excluding carboxylic acids is 1. The Morgan fingerprint density at radius 3 is 2.65 bits per heavy atom. The summed E-state index contributed by atoms with van der Waals surface area (Å²) < 4.78 is 20.5. The molecule has 2 heterocycles. The van der Waals surface area contributed by atoms with Crippen LogP contribution < -0.4 is 15.0 Å². The van der Waals surface area contributed by atoms with Gasteiger partial charge in [0.05, 0.1) is 11.9 Å². The standard InChI is InChI=1S/C21H15ClFN5O2S/c22-15-3-7-17(8-4-15)28-18(14-1-5-16(23)6-2-14)13-31-21(28)27-26-19(29)12-30-20-11-24-9-10-25-20/h1-11,13H,12H2,(H,26,29)/b27-21-. The van der Waals surface area contributed by atoms with Crippen molar-refractivity contribution in [1.29, 1.82) is 0 Å². The first kappa shape index (κ1) is 20.7. The first-order chi connectivity index (χ1) is 15.1. The van der Waals surface area contributed by atoms with Gasteiger partial charge < -0.3 is 4.74 Å². The van der Waals surface area contributed by atoms with Crippen molar-refractivity contribution in [2.75, 3.05) is 6.61 Å². The van der Waals surface area contributed by atoms with Crippen molar-refractivity contribution in [3.05, 3.63) is 88.1 Å². The molecular weight excluding hydrogens is 441 g/mol. The number of halogens is 2. The molecule has 0 fully saturated rings. The van der Waals surface area contributed by atoms with Crippen molar-refractivity contribution in [1.82, 2.24) is 20.0 Å². The molecule has 0 bridgehead atoms. The number of amides is 1. The summed E-state index contributed by atoms with van der Waals surface area (Å²) in [5.41, 5.74) is 4.85. The second kappa shape index (κ2) is 9.50. The Labute approximate surface area is 185 Å². The molecule has 31 heavy (non-hydrogen) atoms. The molecule has 0 aliphatic carbocycles. The average molecular weight is 456 g/mol. The number of nitrogens with zero attached hydrogens (tertiary/aromatic N) is 4. The van der Waals surface area contributed by atoms with Gasteiger partial charge in [-0.1, -0.05) is 11.6 Å². The smallest absolute Gasteiger partial charge is 0.278 e. The van der Waals surface area contributed by atoms with Crippen LogP contribution in [0.3, 0.4) is 0 Å². The maximum atomic E-state index is 13.4. The second-order valence-corrected chi connectivity index (χ2v) is 7.47. The number of hydrogen-bond acceptors (Lipinski definition) is 6. The summed E-state index contributed by atoms with van der Waals surface area (Å²) in [4.78, 5) is 20.5. The third-order valence-electron chi connectivity index (χ3n) is 4.10. The average Bonchev–Trinajstić information content (AvgIpc) is 3.22. The lowest BCUT2D eigenvalue weighted by atomic mass is 10.1. The van der Waals surface area contributed by atoms with E-state index in [1.807, 2.05) is 22.1 Å². The zero-order valence-corrected chi connectivity index (χ0v) is 17.5. The molecule has 0 saturated heterocycles. The molecule has 7 nitrogen and oxygen atoms in total. The number of thiazole rings is 1. The van der Waals surface area contributed by atoms with Crippen molar-refractivity contribution in [2.24, 2.45) is 5.10 Å². The summed E-state index contributed by atoms with van der Waals surface area (Å²) >= 11 is 7.35. The molecule has 0 radical (unpaired) electrons. The Balaban J connectivity index is 1.63. The van der Waals surface area contributed by atoms with E-state index in [1.54, 1.807) is 24.3 Å². The Hall–Kier alpha value is -3.56. The number of aromatic nitrogens is 3. The highest BCUT2D eigenvalue weighted by Gasteiger charge is 2.11. The van der Waals surface area contributed by atoms with Gasteiger partial charge in [-0.3, -0.25) is 14.3 Å². The second-order valence-electron chi connectivity index (χ2n) is 6.20. The molecule has 0 aliphatic rings. The van der Waals surface area contributed by atoms with Crippen molar-refractivity contribution in [3.63, 3.8) is 0 Å². The molecule has 4 rings (SSSR count). The Morgan fingerprint density at radius 1 is 1.16 bits per heavy atom. The van der Waals surface area contributed by atoms with Crippen LogP contribution in [0, 0.1) is 5.82 Å². The van der Waals surface area contributed by atoms with Crippen LogP contribution in [-0.4, -0.2) is 27.0 Å². The van der Waals surface area contributed by atoms with Gasteiger partial charge in [-0.2, -0.15) is 0 Å². The van der Waals surface area contributed by atoms with E-state index in [0.717, 1.165) is 16.9 Å². The minimum atomic E-state index is -0.454. The molecular formula is C21H15ClFN5O2S. The molecule has 1 amide bonds. The van der Waals surface area contributed by atoms with Gasteiger partial charge in [0.15, 0.2) is 6.61 Å². The highest BCUT2D eigenvalue weighted by Crippen LogP contribution is 2.24. The minimum Gasteiger partial charge on any atom is -0.466 e. The number of ether oxygens (including phenoxy) is 1. The normalized spacial score (nSPS) is 11.4. The van der Waals surface area contributed by atoms with Crippen LogP contribution in [0.5, 0.6) is 5.88 Å². The van der Waals surface area contributed by atoms with Crippen LogP contribution in [0.1, 0.15) is 0 Å². The fourth-order valence-corrected chi connectivity index (χ4v) is 3.68. The lowest BCUT2D eigenvalue weighted by molar-refractivity contribution is -0.123. The third kappa shape index (κ3) is 5.14. The van der Waals surface area contributed by atoms with E-state index in [-0.39, 0.29) is 18.3 Å². The largest absolute Gasteiger partial charge is 0.466 e. The zero-order chi connectivity index (χ0) is 21.6. The van der Waals surface area contributed by atoms with Gasteiger partial charge >= 0.3 is 0 Å². The van der Waals surface area contributed by atoms with E-state index in [4.69, 9.17) is 16.3 Å². The number of benzene rings is 2. The summed E-state index contributed by atoms with van der Waals surface area (Å²) in [5.74, 6) is -0.536. The van der Waals surface area contributed by atoms with E-state index >= 15 is 0 Å². The van der Waals surface area contributed by atoms with E-state index in [9.17, 15) is 9.18 Å². The van der Waals surface area contributed by atoms with Crippen LogP contribution in [-0.2, 0) is 4.79 Å². The molecule has 4 aromatic rings. The third-order valence-corrected chi connectivity index (χ3v) is 5.18. The summed E-state index contributed by atoms with van der Waals surface area (Å²) in [6.07, 6.45) is 4.38. The minimum absolute atomic E-state index is 0.239. The predicted octanol–water partition coefficient (Wildman–Crippen LogP) is 3.80. The molecule has 0 aliphatic heterocycles. The Kier molecular flexibility index (Phi) is 6.34. The first-order valence-electron chi connectivity index (χ1n) is 9.04. The molecule has 2 aromatic carbocycles. The van der Waals surface area contributed by atoms with Crippen molar-refractivity contribution in [2.45, 2.75) is 0 Å². The van der Waals surface area contributed by atoms with Crippen molar-refractivity contribution >= 4 is 28.8 Å². The van der Waals surface area contributed by atoms with Gasteiger partial charge in [0.25, 0.3) is 5.91 Å². The predicted molar refractivity (Wildman–Crippen MR) is 115 cm³/mol. The van der Waals surface area contributed by atoms with E-state index in [1.165, 1.54) is 42.1 Å². The van der Waals surface area contributed by atoms with Gasteiger partial charge in [-0.25, -0.2) is 14.8 Å². The monoisotopic (exact) mass is 455 g/mol. The highest BCUT2D eigenvalue weighted by atomic mass is 35.5. The van der Waals surface area contributed by atoms with Gasteiger partial charge in [0.2, 0.25) is 10.7 Å². The lowest BCUT2D eigenvalue weighted by Crippen LogP contribution is -2.28. The molecule has 2 aromatic heterocycles. The molecule has 0 saturated carbocycles. The number of rotatable bonds is 6. The van der Waals surface area contributed by atoms with E-state index in [2.05, 4.69) is 20.5 Å². The molecule has 156 valence electrons. The molecule has 0 unspecified atom stereocenters. The summed E-state index contributed by atoms with van der Waals surface area (Å²) in [7, 11) is 0. The zero-order valence-electron chi connectivity index (χ0n) is 15.9. The van der Waals surface area contributed by atoms with Crippen LogP contribution >= 0.6 is 22.9 Å². The quantitative estimate of drug-likeness (QED) is 0.448. The highest BCUT2D eigenvalue weighted by molar-refractivity contribution is 7.07. The van der Waals surface area contributed by atoms with Gasteiger partial charge in [-0.15, -0.1) is 16.4 Å². The lowest BCUT2D eigenvalue weighted by Gasteiger charge is -2.10. The molecule has 0 atom stereocenters. The van der Waals surface area contributed by atoms with Gasteiger partial charge in [0, 0.05) is 28.5 Å². The maximum Gasteiger partial charge on any atom is 0.278 e. The summed E-state index contributed by atoms with van der Waals surface area (Å²) in [6.45, 7) is -0.265. The fraction of sp³-hybridized carbons (Fsp3) is 0.0476. The first-order valence-corrected chi connectivity index (χ1v) is 10.3. The van der Waals surface area contributed by atoms with Crippen molar-refractivity contribution in [3.8, 4) is 22.8 Å². The number of hydrogen-bond donors (Lipinski definition) is 1. The van der Waals surface area contributed by atoms with Crippen LogP contribution in [0.2, 0.25) is 5.02 Å². The van der Waals surface area contributed by atoms with Crippen molar-refractivity contribution < 1.29 is 13.9 Å². The van der Waals surface area contributed by atoms with Crippen LogP contribution in [0.25, 0.3) is 16.9 Å². The molecule has 10 heteroatoms. The Bertz CT molecular complexity index is 1240. The maximum absolute atomic E-state index is 13.4. The van der Waals surface area contributed by atoms with E-state index in [0.29, 0.717) is 9.82 Å². The number of nitrogens with one attached hydrogen (secondary N) is 1. The van der Waals surface area contributed by atoms with E-state index < -0.39 is 5.91 Å². The van der Waals surface area contributed by atoms with Crippen LogP contribution in [0.4, 0.5) is 4.39 Å². The summed E-state index contributed by atoms with van der Waals surface area (Å²) in [5, 5.41) is 6.71. The topological polar surface area (TPSA) is 81.4 Å². The fourth-order valence-electron chi connectivity index (χ4n) is 2.69. The summed E-state index contributed by atoms with van der Waals surface area (Å²) in [6, 6.07) is 13.3. The number of carbonyl (C=O) groups is 1. The van der Waals surface area contributed by atoms with Crippen LogP contribution in [0.15, 0.2) is 77.6 Å². The van der Waals surface area contributed by atoms with Gasteiger partial charge in [0.1, 0.15) is 5.82 Å². The SMILES string of the molecule is O=C(COc1cnccn1)N/N=c1\scc(-c2ccc(F)cc2)n1-c1ccc(Cl)cc1. The molecule has 0 spiro atoms.